The highest BCUT2D eigenvalue weighted by Gasteiger charge is 2.10. The van der Waals surface area contributed by atoms with Crippen molar-refractivity contribution in [2.45, 2.75) is 13.0 Å². The average molecular weight is 250 g/mol. The summed E-state index contributed by atoms with van der Waals surface area (Å²) in [7, 11) is 0. The summed E-state index contributed by atoms with van der Waals surface area (Å²) in [6, 6.07) is 1.25. The van der Waals surface area contributed by atoms with E-state index in [-0.39, 0.29) is 23.8 Å². The zero-order valence-electron chi connectivity index (χ0n) is 9.20. The van der Waals surface area contributed by atoms with Crippen molar-refractivity contribution in [1.29, 1.82) is 0 Å². The second kappa shape index (κ2) is 5.08. The second-order valence-electron chi connectivity index (χ2n) is 3.44. The maximum Gasteiger partial charge on any atom is 0.353 e. The molecule has 0 atom stereocenters. The molecule has 0 saturated heterocycles. The van der Waals surface area contributed by atoms with Crippen LogP contribution in [0.1, 0.15) is 16.9 Å². The van der Waals surface area contributed by atoms with Crippen LogP contribution in [0.2, 0.25) is 0 Å². The van der Waals surface area contributed by atoms with Gasteiger partial charge in [-0.2, -0.15) is 5.10 Å². The van der Waals surface area contributed by atoms with E-state index < -0.39 is 5.97 Å². The summed E-state index contributed by atoms with van der Waals surface area (Å²) in [6.45, 7) is 0.391. The Balaban J connectivity index is 1.85. The predicted molar refractivity (Wildman–Crippen MR) is 58.8 cm³/mol. The molecule has 0 aliphatic rings. The Bertz CT molecular complexity index is 546. The SMILES string of the molecule is O=C(CCn1ccnn1)Nc1cc(C(=O)O)[nH]n1. The average Bonchev–Trinajstić information content (AvgIpc) is 2.96. The number of carbonyl (C=O) groups excluding carboxylic acids is 1. The van der Waals surface area contributed by atoms with Gasteiger partial charge in [-0.05, 0) is 0 Å². The molecule has 2 rings (SSSR count). The summed E-state index contributed by atoms with van der Waals surface area (Å²) >= 11 is 0. The number of aromatic nitrogens is 5. The van der Waals surface area contributed by atoms with Crippen molar-refractivity contribution in [2.24, 2.45) is 0 Å². The van der Waals surface area contributed by atoms with Crippen molar-refractivity contribution < 1.29 is 14.7 Å². The molecule has 0 aromatic carbocycles. The number of carboxylic acids is 1. The number of carboxylic acid groups (broad SMARTS) is 1. The number of nitrogens with zero attached hydrogens (tertiary/aromatic N) is 4. The monoisotopic (exact) mass is 250 g/mol. The molecule has 0 aliphatic heterocycles. The van der Waals surface area contributed by atoms with E-state index in [1.165, 1.54) is 16.9 Å². The molecule has 3 N–H and O–H groups in total. The summed E-state index contributed by atoms with van der Waals surface area (Å²) in [5, 5.41) is 24.4. The number of nitrogens with one attached hydrogen (secondary N) is 2. The molecule has 9 heteroatoms. The van der Waals surface area contributed by atoms with Crippen LogP contribution in [0.15, 0.2) is 18.5 Å². The van der Waals surface area contributed by atoms with Crippen molar-refractivity contribution in [3.8, 4) is 0 Å². The minimum Gasteiger partial charge on any atom is -0.477 e. The van der Waals surface area contributed by atoms with E-state index in [0.717, 1.165) is 0 Å². The van der Waals surface area contributed by atoms with Crippen molar-refractivity contribution in [1.82, 2.24) is 25.2 Å². The van der Waals surface area contributed by atoms with E-state index in [4.69, 9.17) is 5.11 Å². The third kappa shape index (κ3) is 2.90. The Morgan fingerprint density at radius 3 is 2.94 bits per heavy atom. The van der Waals surface area contributed by atoms with E-state index in [2.05, 4.69) is 25.8 Å². The smallest absolute Gasteiger partial charge is 0.353 e. The van der Waals surface area contributed by atoms with Crippen LogP contribution in [0.3, 0.4) is 0 Å². The second-order valence-corrected chi connectivity index (χ2v) is 3.44. The van der Waals surface area contributed by atoms with Crippen molar-refractivity contribution in [3.05, 3.63) is 24.2 Å². The first-order valence-corrected chi connectivity index (χ1v) is 5.08. The lowest BCUT2D eigenvalue weighted by atomic mass is 10.4. The largest absolute Gasteiger partial charge is 0.477 e. The molecule has 2 aromatic heterocycles. The van der Waals surface area contributed by atoms with Crippen LogP contribution in [0.25, 0.3) is 0 Å². The summed E-state index contributed by atoms with van der Waals surface area (Å²) in [4.78, 5) is 22.1. The van der Waals surface area contributed by atoms with Crippen LogP contribution < -0.4 is 5.32 Å². The predicted octanol–water partition coefficient (Wildman–Crippen LogP) is -0.272. The highest BCUT2D eigenvalue weighted by atomic mass is 16.4. The molecule has 0 saturated carbocycles. The Morgan fingerprint density at radius 2 is 2.33 bits per heavy atom. The van der Waals surface area contributed by atoms with Gasteiger partial charge in [0.15, 0.2) is 5.82 Å². The number of hydrogen-bond donors (Lipinski definition) is 3. The van der Waals surface area contributed by atoms with Crippen LogP contribution in [-0.4, -0.2) is 42.2 Å². The lowest BCUT2D eigenvalue weighted by Crippen LogP contribution is -2.15. The first-order valence-electron chi connectivity index (χ1n) is 5.08. The molecule has 94 valence electrons. The molecule has 2 heterocycles. The van der Waals surface area contributed by atoms with Crippen LogP contribution in [0.4, 0.5) is 5.82 Å². The number of rotatable bonds is 5. The van der Waals surface area contributed by atoms with Gasteiger partial charge in [0.25, 0.3) is 0 Å². The highest BCUT2D eigenvalue weighted by molar-refractivity contribution is 5.92. The Kier molecular flexibility index (Phi) is 3.32. The quantitative estimate of drug-likeness (QED) is 0.670. The summed E-state index contributed by atoms with van der Waals surface area (Å²) in [5.41, 5.74) is -0.0819. The Labute approximate surface area is 101 Å². The molecule has 0 aliphatic carbocycles. The molecule has 0 unspecified atom stereocenters. The molecular formula is C9H10N6O3. The Morgan fingerprint density at radius 1 is 1.50 bits per heavy atom. The van der Waals surface area contributed by atoms with Gasteiger partial charge in [0, 0.05) is 18.7 Å². The van der Waals surface area contributed by atoms with E-state index in [1.54, 1.807) is 6.20 Å². The first kappa shape index (κ1) is 11.8. The molecule has 0 fully saturated rings. The van der Waals surface area contributed by atoms with Crippen LogP contribution in [0, 0.1) is 0 Å². The maximum absolute atomic E-state index is 11.5. The fourth-order valence-corrected chi connectivity index (χ4v) is 1.27. The number of carbonyl (C=O) groups is 2. The molecule has 9 nitrogen and oxygen atoms in total. The van der Waals surface area contributed by atoms with Gasteiger partial charge in [0.1, 0.15) is 5.69 Å². The lowest BCUT2D eigenvalue weighted by molar-refractivity contribution is -0.116. The summed E-state index contributed by atoms with van der Waals surface area (Å²) < 4.78 is 1.52. The zero-order valence-corrected chi connectivity index (χ0v) is 9.20. The van der Waals surface area contributed by atoms with Gasteiger partial charge < -0.3 is 10.4 Å². The summed E-state index contributed by atoms with van der Waals surface area (Å²) in [5.74, 6) is -1.24. The first-order chi connectivity index (χ1) is 8.65. The standard InChI is InChI=1S/C9H10N6O3/c16-8(1-3-15-4-2-10-14-15)11-7-5-6(9(17)18)12-13-7/h2,4-5H,1,3H2,(H,17,18)(H2,11,12,13,16). The van der Waals surface area contributed by atoms with Gasteiger partial charge in [-0.15, -0.1) is 5.10 Å². The number of anilines is 1. The van der Waals surface area contributed by atoms with E-state index in [9.17, 15) is 9.59 Å². The number of aromatic carboxylic acids is 1. The molecule has 18 heavy (non-hydrogen) atoms. The van der Waals surface area contributed by atoms with E-state index >= 15 is 0 Å². The van der Waals surface area contributed by atoms with Crippen molar-refractivity contribution in [3.63, 3.8) is 0 Å². The van der Waals surface area contributed by atoms with Gasteiger partial charge >= 0.3 is 5.97 Å². The third-order valence-corrected chi connectivity index (χ3v) is 2.12. The molecule has 0 radical (unpaired) electrons. The Hall–Kier alpha value is -2.71. The van der Waals surface area contributed by atoms with E-state index in [1.807, 2.05) is 0 Å². The zero-order chi connectivity index (χ0) is 13.0. The van der Waals surface area contributed by atoms with Gasteiger partial charge in [-0.3, -0.25) is 14.6 Å². The maximum atomic E-state index is 11.5. The summed E-state index contributed by atoms with van der Waals surface area (Å²) in [6.07, 6.45) is 3.35. The normalized spacial score (nSPS) is 10.2. The fourth-order valence-electron chi connectivity index (χ4n) is 1.27. The van der Waals surface area contributed by atoms with Gasteiger partial charge in [-0.1, -0.05) is 5.21 Å². The number of aryl methyl sites for hydroxylation is 1. The van der Waals surface area contributed by atoms with Crippen LogP contribution >= 0.6 is 0 Å². The minimum atomic E-state index is -1.13. The molecule has 1 amide bonds. The molecular weight excluding hydrogens is 240 g/mol. The number of H-pyrrole nitrogens is 1. The minimum absolute atomic E-state index is 0.0819. The molecule has 0 spiro atoms. The van der Waals surface area contributed by atoms with Crippen molar-refractivity contribution in [2.75, 3.05) is 5.32 Å². The number of aromatic amines is 1. The fraction of sp³-hybridized carbons (Fsp3) is 0.222. The van der Waals surface area contributed by atoms with Crippen LogP contribution in [0.5, 0.6) is 0 Å². The third-order valence-electron chi connectivity index (χ3n) is 2.12. The highest BCUT2D eigenvalue weighted by Crippen LogP contribution is 2.05. The van der Waals surface area contributed by atoms with Crippen molar-refractivity contribution >= 4 is 17.7 Å². The van der Waals surface area contributed by atoms with Gasteiger partial charge in [0.05, 0.1) is 12.7 Å². The number of hydrogen-bond acceptors (Lipinski definition) is 5. The number of amides is 1. The van der Waals surface area contributed by atoms with E-state index in [0.29, 0.717) is 6.54 Å². The van der Waals surface area contributed by atoms with Gasteiger partial charge in [-0.25, -0.2) is 4.79 Å². The van der Waals surface area contributed by atoms with Gasteiger partial charge in [0.2, 0.25) is 5.91 Å². The molecule has 2 aromatic rings. The lowest BCUT2D eigenvalue weighted by Gasteiger charge is -2.01. The van der Waals surface area contributed by atoms with Crippen LogP contribution in [-0.2, 0) is 11.3 Å². The molecule has 0 bridgehead atoms. The topological polar surface area (TPSA) is 126 Å².